The molecule has 4 aliphatic rings. The number of nitrogens with zero attached hydrogens (tertiary/aromatic N) is 2. The van der Waals surface area contributed by atoms with Crippen molar-refractivity contribution in [2.24, 2.45) is 5.73 Å². The second-order valence-electron chi connectivity index (χ2n) is 25.8. The van der Waals surface area contributed by atoms with E-state index in [1.165, 1.54) is 34.9 Å². The van der Waals surface area contributed by atoms with Crippen molar-refractivity contribution >= 4 is 52.3 Å². The van der Waals surface area contributed by atoms with Crippen LogP contribution in [0.2, 0.25) is 0 Å². The third-order valence-electron chi connectivity index (χ3n) is 18.3. The van der Waals surface area contributed by atoms with Crippen molar-refractivity contribution in [1.82, 2.24) is 25.5 Å². The van der Waals surface area contributed by atoms with Gasteiger partial charge in [0.15, 0.2) is 11.7 Å². The lowest BCUT2D eigenvalue weighted by Gasteiger charge is -2.38. The van der Waals surface area contributed by atoms with Crippen LogP contribution in [0.4, 0.5) is 14.9 Å². The largest absolute Gasteiger partial charge is 0.479 e. The molecular formula is C73H104FN7O28. The molecule has 4 amide bonds. The Kier molecular flexibility index (Phi) is 36.5. The number of fused-ring (bicyclic) bond motifs is 5. The van der Waals surface area contributed by atoms with Gasteiger partial charge in [-0.1, -0.05) is 13.0 Å². The van der Waals surface area contributed by atoms with Crippen LogP contribution >= 0.6 is 0 Å². The molecule has 0 saturated carbocycles. The number of methoxy groups -OCH3 is 1. The molecule has 5 heterocycles. The molecule has 8 rings (SSSR count). The Hall–Kier alpha value is -7.57. The number of cyclic esters (lactones) is 1. The van der Waals surface area contributed by atoms with E-state index >= 15 is 4.39 Å². The van der Waals surface area contributed by atoms with Crippen LogP contribution in [0.3, 0.4) is 0 Å². The highest BCUT2D eigenvalue weighted by molar-refractivity contribution is 5.95. The van der Waals surface area contributed by atoms with Gasteiger partial charge in [0.25, 0.3) is 5.56 Å². The maximum Gasteiger partial charge on any atom is 0.407 e. The number of anilines is 1. The summed E-state index contributed by atoms with van der Waals surface area (Å²) >= 11 is 0. The van der Waals surface area contributed by atoms with Crippen molar-refractivity contribution in [2.45, 2.75) is 133 Å². The summed E-state index contributed by atoms with van der Waals surface area (Å²) in [5.74, 6) is -4.75. The number of amides is 4. The summed E-state index contributed by atoms with van der Waals surface area (Å²) in [4.78, 5) is 96.7. The van der Waals surface area contributed by atoms with E-state index in [2.05, 4.69) is 21.3 Å². The van der Waals surface area contributed by atoms with E-state index in [0.29, 0.717) is 198 Å². The first-order valence-electron chi connectivity index (χ1n) is 36.7. The summed E-state index contributed by atoms with van der Waals surface area (Å²) in [5, 5.41) is 64.4. The number of hydrogen-bond acceptors (Lipinski definition) is 29. The van der Waals surface area contributed by atoms with Crippen LogP contribution in [0.1, 0.15) is 96.9 Å². The standard InChI is InChI=1S/C73H104FN7O28/c1-4-73(93)50-40-56-62-48(42-81(56)68(88)49(50)44-106-71(73)91)61-53(10-9-47-45(2)51(74)41-55(79-62)60(47)61)80-72(92)107-43-46-8-11-57(108-70-65(86)63(84)64(85)66(109-70)69(89)90)54(39-46)78-59(83)12-15-77-67(87)52(75)7-5-6-14-76-58(82)13-16-95-19-20-97-23-24-99-27-28-101-31-32-103-35-36-105-38-37-104-34-33-102-30-29-100-26-25-98-22-21-96-18-17-94-3/h8,11,39-41,52-53,63-66,70,84-86,93H,4-7,9-10,12-38,42-44,75H2,1-3H3,(H,76,82)(H,77,87)(H,78,83)(H,80,92)(H,89,90)/t52-,53-,63-,64-,65+,66-,70+,73-/m0/s1. The number of alkyl carbamates (subject to hydrolysis) is 1. The van der Waals surface area contributed by atoms with Crippen molar-refractivity contribution in [3.05, 3.63) is 85.4 Å². The highest BCUT2D eigenvalue weighted by atomic mass is 19.1. The molecule has 11 N–H and O–H groups in total. The van der Waals surface area contributed by atoms with Crippen LogP contribution in [-0.2, 0) is 127 Å². The van der Waals surface area contributed by atoms with Crippen LogP contribution in [0.15, 0.2) is 35.1 Å². The van der Waals surface area contributed by atoms with Gasteiger partial charge in [-0.15, -0.1) is 0 Å². The summed E-state index contributed by atoms with van der Waals surface area (Å²) in [6, 6.07) is 5.15. The summed E-state index contributed by atoms with van der Waals surface area (Å²) in [7, 11) is 1.63. The fourth-order valence-corrected chi connectivity index (χ4v) is 12.4. The number of rotatable bonds is 53. The topological polar surface area (TPSA) is 460 Å². The van der Waals surface area contributed by atoms with Gasteiger partial charge < -0.3 is 133 Å². The minimum atomic E-state index is -2.10. The minimum Gasteiger partial charge on any atom is -0.479 e. The third kappa shape index (κ3) is 25.7. The number of carbonyl (C=O) groups is 6. The average molecular weight is 1550 g/mol. The molecule has 8 atom stereocenters. The Morgan fingerprint density at radius 3 is 1.83 bits per heavy atom. The van der Waals surface area contributed by atoms with Gasteiger partial charge in [-0.05, 0) is 85.9 Å². The zero-order valence-corrected chi connectivity index (χ0v) is 61.9. The van der Waals surface area contributed by atoms with Gasteiger partial charge in [-0.25, -0.2) is 23.8 Å². The number of halogens is 1. The number of aliphatic carboxylic acids is 1. The van der Waals surface area contributed by atoms with Crippen LogP contribution < -0.4 is 37.3 Å². The molecule has 35 nitrogen and oxygen atoms in total. The molecule has 0 radical (unpaired) electrons. The number of aliphatic hydroxyl groups is 4. The smallest absolute Gasteiger partial charge is 0.407 e. The molecule has 606 valence electrons. The average Bonchev–Trinajstić information content (AvgIpc) is 1.57. The maximum atomic E-state index is 15.6. The Morgan fingerprint density at radius 2 is 1.27 bits per heavy atom. The molecule has 0 bridgehead atoms. The lowest BCUT2D eigenvalue weighted by atomic mass is 9.81. The Morgan fingerprint density at radius 1 is 0.697 bits per heavy atom. The molecule has 1 saturated heterocycles. The second kappa shape index (κ2) is 45.7. The lowest BCUT2D eigenvalue weighted by molar-refractivity contribution is -0.271. The van der Waals surface area contributed by atoms with E-state index in [9.17, 15) is 59.1 Å². The first kappa shape index (κ1) is 87.0. The van der Waals surface area contributed by atoms with E-state index in [1.54, 1.807) is 21.0 Å². The fourth-order valence-electron chi connectivity index (χ4n) is 12.4. The number of aliphatic hydroxyl groups excluding tert-OH is 3. The fraction of sp³-hybridized carbons (Fsp3) is 0.644. The van der Waals surface area contributed by atoms with Gasteiger partial charge in [0.2, 0.25) is 24.0 Å². The SMILES string of the molecule is CC[C@@]1(O)C(=O)OCc2c1cc1n(c2=O)Cc2c-1nc1cc(F)c(C)c3c1c2[C@@H](NC(=O)OCc1ccc(O[C@@H]2O[C@H](C(=O)O)[C@@H](O)[C@H](O)[C@H]2O)c(NC(=O)CCNC(=O)[C@@H](N)CCCCNC(=O)CCOCCOCCOCCOCCOCCOCCOCCOCCOCCOCCOCCOC)c1)CC3. The molecule has 2 aromatic carbocycles. The Labute approximate surface area is 629 Å². The number of aryl methyl sites for hydroxylation is 1. The van der Waals surface area contributed by atoms with Gasteiger partial charge >= 0.3 is 18.0 Å². The summed E-state index contributed by atoms with van der Waals surface area (Å²) in [6.45, 7) is 12.6. The first-order chi connectivity index (χ1) is 52.8. The van der Waals surface area contributed by atoms with Crippen molar-refractivity contribution in [3.8, 4) is 17.1 Å². The normalized spacial score (nSPS) is 19.4. The van der Waals surface area contributed by atoms with Gasteiger partial charge in [0.05, 0.1) is 199 Å². The second-order valence-corrected chi connectivity index (χ2v) is 25.8. The summed E-state index contributed by atoms with van der Waals surface area (Å²) in [6.07, 6.45) is -9.26. The van der Waals surface area contributed by atoms with Gasteiger partial charge in [0, 0.05) is 55.6 Å². The van der Waals surface area contributed by atoms with Crippen LogP contribution in [0.5, 0.6) is 5.75 Å². The number of carboxylic acid groups (broad SMARTS) is 1. The zero-order valence-electron chi connectivity index (χ0n) is 61.9. The number of ether oxygens (including phenoxy) is 16. The van der Waals surface area contributed by atoms with E-state index < -0.39 is 96.2 Å². The van der Waals surface area contributed by atoms with Crippen molar-refractivity contribution in [2.75, 3.05) is 177 Å². The quantitative estimate of drug-likeness (QED) is 0.0192. The molecule has 3 aliphatic heterocycles. The highest BCUT2D eigenvalue weighted by Crippen LogP contribution is 2.46. The zero-order chi connectivity index (χ0) is 78.1. The van der Waals surface area contributed by atoms with E-state index in [1.807, 2.05) is 0 Å². The van der Waals surface area contributed by atoms with Crippen molar-refractivity contribution < 1.29 is 134 Å². The number of nitrogens with two attached hydrogens (primary N) is 1. The predicted octanol–water partition coefficient (Wildman–Crippen LogP) is 0.990. The number of benzene rings is 2. The molecule has 0 spiro atoms. The number of pyridine rings is 2. The minimum absolute atomic E-state index is 0.0136. The van der Waals surface area contributed by atoms with Crippen LogP contribution in [-0.4, -0.2) is 280 Å². The molecule has 4 aromatic rings. The Bertz CT molecular complexity index is 3670. The number of aromatic nitrogens is 2. The molecule has 1 fully saturated rings. The van der Waals surface area contributed by atoms with E-state index in [0.717, 1.165) is 0 Å². The van der Waals surface area contributed by atoms with Gasteiger partial charge in [0.1, 0.15) is 43.1 Å². The van der Waals surface area contributed by atoms with Crippen molar-refractivity contribution in [1.29, 1.82) is 0 Å². The van der Waals surface area contributed by atoms with Gasteiger partial charge in [-0.3, -0.25) is 19.2 Å². The van der Waals surface area contributed by atoms with Crippen LogP contribution in [0, 0.1) is 12.7 Å². The van der Waals surface area contributed by atoms with E-state index in [-0.39, 0.29) is 110 Å². The monoisotopic (exact) mass is 1550 g/mol. The maximum absolute atomic E-state index is 15.6. The number of carboxylic acids is 1. The number of unbranched alkanes of at least 4 members (excludes halogenated alkanes) is 1. The third-order valence-corrected chi connectivity index (χ3v) is 18.3. The number of nitrogens with one attached hydrogen (secondary N) is 4. The van der Waals surface area contributed by atoms with Gasteiger partial charge in [-0.2, -0.15) is 0 Å². The number of carbonyl (C=O) groups excluding carboxylic acids is 5. The number of esters is 1. The molecule has 2 aromatic heterocycles. The van der Waals surface area contributed by atoms with Crippen LogP contribution in [0.25, 0.3) is 22.3 Å². The van der Waals surface area contributed by atoms with E-state index in [4.69, 9.17) is 86.5 Å². The Balaban J connectivity index is 0.671. The predicted molar refractivity (Wildman–Crippen MR) is 382 cm³/mol. The molecule has 36 heteroatoms. The molecule has 1 aliphatic carbocycles. The number of hydrogen-bond donors (Lipinski definition) is 10. The molecular weight excluding hydrogens is 1440 g/mol. The summed E-state index contributed by atoms with van der Waals surface area (Å²) < 4.78 is 104. The molecule has 109 heavy (non-hydrogen) atoms. The summed E-state index contributed by atoms with van der Waals surface area (Å²) in [5.41, 5.74) is 6.89. The molecule has 0 unspecified atom stereocenters. The van der Waals surface area contributed by atoms with Crippen molar-refractivity contribution in [3.63, 3.8) is 0 Å². The first-order valence-corrected chi connectivity index (χ1v) is 36.7. The lowest BCUT2D eigenvalue weighted by Crippen LogP contribution is -2.61. The highest BCUT2D eigenvalue weighted by Gasteiger charge is 2.49.